The molecule has 1 aliphatic heterocycles. The molecular formula is C27H21N3O3S. The fourth-order valence-corrected chi connectivity index (χ4v) is 5.27. The molecular weight excluding hydrogens is 446 g/mol. The fraction of sp³-hybridized carbons (Fsp3) is 0.111. The van der Waals surface area contributed by atoms with Crippen LogP contribution in [-0.4, -0.2) is 22.0 Å². The molecule has 34 heavy (non-hydrogen) atoms. The molecule has 5 aromatic rings. The van der Waals surface area contributed by atoms with E-state index in [1.165, 1.54) is 16.9 Å². The van der Waals surface area contributed by atoms with Gasteiger partial charge in [-0.2, -0.15) is 0 Å². The number of rotatable bonds is 4. The van der Waals surface area contributed by atoms with Gasteiger partial charge in [-0.15, -0.1) is 11.3 Å². The largest absolute Gasteiger partial charge is 0.454 e. The summed E-state index contributed by atoms with van der Waals surface area (Å²) in [4.78, 5) is 18.6. The number of hydrogen-bond donors (Lipinski definition) is 1. The number of thiazole rings is 1. The monoisotopic (exact) mass is 467 g/mol. The average Bonchev–Trinajstić information content (AvgIpc) is 3.56. The number of benzene rings is 2. The van der Waals surface area contributed by atoms with Gasteiger partial charge in [0.15, 0.2) is 11.5 Å². The molecule has 0 fully saturated rings. The van der Waals surface area contributed by atoms with E-state index in [0.29, 0.717) is 28.4 Å². The van der Waals surface area contributed by atoms with E-state index in [2.05, 4.69) is 32.0 Å². The van der Waals surface area contributed by atoms with Crippen LogP contribution in [0.2, 0.25) is 0 Å². The molecule has 0 saturated heterocycles. The van der Waals surface area contributed by atoms with Crippen molar-refractivity contribution in [3.63, 3.8) is 0 Å². The van der Waals surface area contributed by atoms with E-state index in [9.17, 15) is 4.79 Å². The first-order valence-electron chi connectivity index (χ1n) is 10.9. The SMILES string of the molecule is Cc1ccc(C)c(-c2csc(-c3c(N)c(C(=O)c4ccc5c(c4)OCO5)n4ccccc34)n2)c1. The maximum atomic E-state index is 13.6. The lowest BCUT2D eigenvalue weighted by molar-refractivity contribution is 0.103. The molecule has 0 saturated carbocycles. The van der Waals surface area contributed by atoms with Gasteiger partial charge in [0, 0.05) is 22.7 Å². The van der Waals surface area contributed by atoms with Gasteiger partial charge in [0.1, 0.15) is 10.7 Å². The van der Waals surface area contributed by atoms with Crippen LogP contribution < -0.4 is 15.2 Å². The Kier molecular flexibility index (Phi) is 4.67. The van der Waals surface area contributed by atoms with Crippen molar-refractivity contribution >= 4 is 28.3 Å². The molecule has 6 nitrogen and oxygen atoms in total. The van der Waals surface area contributed by atoms with Gasteiger partial charge in [0.05, 0.1) is 22.5 Å². The number of pyridine rings is 1. The summed E-state index contributed by atoms with van der Waals surface area (Å²) in [5.41, 5.74) is 13.9. The molecule has 0 spiro atoms. The van der Waals surface area contributed by atoms with Crippen LogP contribution in [0.3, 0.4) is 0 Å². The second-order valence-electron chi connectivity index (χ2n) is 8.35. The molecule has 4 heterocycles. The summed E-state index contributed by atoms with van der Waals surface area (Å²) in [5, 5.41) is 2.82. The molecule has 3 aromatic heterocycles. The van der Waals surface area contributed by atoms with E-state index < -0.39 is 0 Å². The van der Waals surface area contributed by atoms with Gasteiger partial charge >= 0.3 is 0 Å². The summed E-state index contributed by atoms with van der Waals surface area (Å²) in [7, 11) is 0. The fourth-order valence-electron chi connectivity index (χ4n) is 4.38. The highest BCUT2D eigenvalue weighted by Gasteiger charge is 2.26. The zero-order chi connectivity index (χ0) is 23.4. The zero-order valence-corrected chi connectivity index (χ0v) is 19.5. The highest BCUT2D eigenvalue weighted by atomic mass is 32.1. The summed E-state index contributed by atoms with van der Waals surface area (Å²) in [6.07, 6.45) is 1.86. The van der Waals surface area contributed by atoms with Gasteiger partial charge in [-0.25, -0.2) is 4.98 Å². The van der Waals surface area contributed by atoms with Gasteiger partial charge in [-0.1, -0.05) is 23.8 Å². The van der Waals surface area contributed by atoms with Crippen molar-refractivity contribution in [1.82, 2.24) is 9.38 Å². The van der Waals surface area contributed by atoms with Crippen LogP contribution in [0.5, 0.6) is 11.5 Å². The number of nitrogen functional groups attached to an aromatic ring is 1. The number of carbonyl (C=O) groups is 1. The van der Waals surface area contributed by atoms with E-state index in [-0.39, 0.29) is 12.6 Å². The van der Waals surface area contributed by atoms with Gasteiger partial charge < -0.3 is 19.6 Å². The minimum atomic E-state index is -0.186. The molecule has 0 atom stereocenters. The number of fused-ring (bicyclic) bond motifs is 2. The average molecular weight is 468 g/mol. The first-order chi connectivity index (χ1) is 16.5. The van der Waals surface area contributed by atoms with E-state index in [0.717, 1.165) is 32.9 Å². The molecule has 0 radical (unpaired) electrons. The lowest BCUT2D eigenvalue weighted by atomic mass is 10.0. The first-order valence-corrected chi connectivity index (χ1v) is 11.8. The molecule has 0 aliphatic carbocycles. The van der Waals surface area contributed by atoms with Crippen molar-refractivity contribution in [3.8, 4) is 33.3 Å². The number of hydrogen-bond acceptors (Lipinski definition) is 6. The normalized spacial score (nSPS) is 12.4. The van der Waals surface area contributed by atoms with Crippen LogP contribution in [0.15, 0.2) is 66.2 Å². The van der Waals surface area contributed by atoms with Gasteiger partial charge in [0.2, 0.25) is 12.6 Å². The minimum Gasteiger partial charge on any atom is -0.454 e. The Morgan fingerprint density at radius 2 is 1.91 bits per heavy atom. The van der Waals surface area contributed by atoms with Gasteiger partial charge in [0.25, 0.3) is 0 Å². The molecule has 168 valence electrons. The Bertz CT molecular complexity index is 1600. The maximum absolute atomic E-state index is 13.6. The third-order valence-electron chi connectivity index (χ3n) is 6.12. The molecule has 1 aliphatic rings. The second kappa shape index (κ2) is 7.74. The first kappa shape index (κ1) is 20.5. The molecule has 6 rings (SSSR count). The molecule has 0 unspecified atom stereocenters. The highest BCUT2D eigenvalue weighted by Crippen LogP contribution is 2.41. The number of anilines is 1. The smallest absolute Gasteiger partial charge is 0.231 e. The summed E-state index contributed by atoms with van der Waals surface area (Å²) < 4.78 is 12.7. The van der Waals surface area contributed by atoms with Crippen LogP contribution in [0.25, 0.3) is 27.3 Å². The van der Waals surface area contributed by atoms with Crippen molar-refractivity contribution in [2.45, 2.75) is 13.8 Å². The maximum Gasteiger partial charge on any atom is 0.231 e. The Morgan fingerprint density at radius 3 is 2.79 bits per heavy atom. The van der Waals surface area contributed by atoms with Crippen LogP contribution in [0, 0.1) is 13.8 Å². The third-order valence-corrected chi connectivity index (χ3v) is 6.98. The molecule has 0 bridgehead atoms. The van der Waals surface area contributed by atoms with E-state index in [1.54, 1.807) is 18.2 Å². The van der Waals surface area contributed by atoms with E-state index >= 15 is 0 Å². The molecule has 7 heteroatoms. The van der Waals surface area contributed by atoms with Crippen molar-refractivity contribution in [2.75, 3.05) is 12.5 Å². The number of ether oxygens (including phenoxy) is 2. The predicted octanol–water partition coefficient (Wildman–Crippen LogP) is 5.89. The lowest BCUT2D eigenvalue weighted by Gasteiger charge is -2.05. The van der Waals surface area contributed by atoms with Crippen molar-refractivity contribution < 1.29 is 14.3 Å². The van der Waals surface area contributed by atoms with Crippen LogP contribution >= 0.6 is 11.3 Å². The lowest BCUT2D eigenvalue weighted by Crippen LogP contribution is -2.08. The van der Waals surface area contributed by atoms with E-state index in [1.807, 2.05) is 34.2 Å². The molecule has 2 N–H and O–H groups in total. The van der Waals surface area contributed by atoms with E-state index in [4.69, 9.17) is 20.2 Å². The van der Waals surface area contributed by atoms with Gasteiger partial charge in [-0.05, 0) is 55.8 Å². The summed E-state index contributed by atoms with van der Waals surface area (Å²) in [6.45, 7) is 4.31. The third kappa shape index (κ3) is 3.16. The Morgan fingerprint density at radius 1 is 1.06 bits per heavy atom. The standard InChI is InChI=1S/C27H21N3O3S/c1-15-6-7-16(2)18(11-15)19-13-34-27(29-19)23-20-5-3-4-10-30(20)25(24(23)28)26(31)17-8-9-21-22(12-17)33-14-32-21/h3-13H,14,28H2,1-2H3. The predicted molar refractivity (Wildman–Crippen MR) is 134 cm³/mol. The van der Waals surface area contributed by atoms with Crippen molar-refractivity contribution in [3.05, 3.63) is 88.6 Å². The molecule has 0 amide bonds. The van der Waals surface area contributed by atoms with Crippen LogP contribution in [0.4, 0.5) is 5.69 Å². The van der Waals surface area contributed by atoms with Crippen molar-refractivity contribution in [1.29, 1.82) is 0 Å². The Hall–Kier alpha value is -4.10. The van der Waals surface area contributed by atoms with Crippen LogP contribution in [0.1, 0.15) is 27.2 Å². The Balaban J connectivity index is 1.49. The number of aromatic nitrogens is 2. The van der Waals surface area contributed by atoms with Crippen LogP contribution in [-0.2, 0) is 0 Å². The Labute approximate surface area is 200 Å². The number of nitrogens with zero attached hydrogens (tertiary/aromatic N) is 2. The zero-order valence-electron chi connectivity index (χ0n) is 18.7. The number of carbonyl (C=O) groups excluding carboxylic acids is 1. The number of aryl methyl sites for hydroxylation is 2. The van der Waals surface area contributed by atoms with Gasteiger partial charge in [-0.3, -0.25) is 4.79 Å². The molecule has 2 aromatic carbocycles. The minimum absolute atomic E-state index is 0.153. The summed E-state index contributed by atoms with van der Waals surface area (Å²) in [6, 6.07) is 17.3. The quantitative estimate of drug-likeness (QED) is 0.334. The summed E-state index contributed by atoms with van der Waals surface area (Å²) >= 11 is 1.53. The second-order valence-corrected chi connectivity index (χ2v) is 9.20. The summed E-state index contributed by atoms with van der Waals surface area (Å²) in [5.74, 6) is 1.00. The topological polar surface area (TPSA) is 78.9 Å². The van der Waals surface area contributed by atoms with Crippen molar-refractivity contribution in [2.24, 2.45) is 0 Å². The highest BCUT2D eigenvalue weighted by molar-refractivity contribution is 7.13. The number of ketones is 1. The number of nitrogens with two attached hydrogens (primary N) is 1.